The first kappa shape index (κ1) is 21.7. The fourth-order valence-electron chi connectivity index (χ4n) is 3.40. The molecule has 0 atom stereocenters. The van der Waals surface area contributed by atoms with Crippen LogP contribution in [0.1, 0.15) is 20.8 Å². The van der Waals surface area contributed by atoms with Gasteiger partial charge < -0.3 is 15.4 Å². The molecule has 2 aromatic heterocycles. The maximum absolute atomic E-state index is 12.6. The molecule has 0 amide bonds. The number of carbonyl (C=O) groups excluding carboxylic acids is 1. The van der Waals surface area contributed by atoms with Gasteiger partial charge in [-0.25, -0.2) is 9.48 Å². The summed E-state index contributed by atoms with van der Waals surface area (Å²) in [4.78, 5) is 13.6. The summed E-state index contributed by atoms with van der Waals surface area (Å²) in [5.41, 5.74) is 4.39. The molecule has 0 saturated heterocycles. The van der Waals surface area contributed by atoms with Crippen LogP contribution in [-0.2, 0) is 11.3 Å². The Bertz CT molecular complexity index is 1220. The number of benzene rings is 2. The summed E-state index contributed by atoms with van der Waals surface area (Å²) in [5.74, 6) is -0.396. The van der Waals surface area contributed by atoms with Crippen LogP contribution in [0.25, 0.3) is 16.8 Å². The summed E-state index contributed by atoms with van der Waals surface area (Å²) in [5, 5.41) is 11.7. The Labute approximate surface area is 195 Å². The Kier molecular flexibility index (Phi) is 6.63. The largest absolute Gasteiger partial charge is 0.465 e. The zero-order valence-electron chi connectivity index (χ0n) is 17.7. The second-order valence-corrected chi connectivity index (χ2v) is 8.65. The lowest BCUT2D eigenvalue weighted by Gasteiger charge is -2.12. The van der Waals surface area contributed by atoms with Crippen molar-refractivity contribution in [3.63, 3.8) is 0 Å². The lowest BCUT2D eigenvalue weighted by atomic mass is 10.0. The van der Waals surface area contributed by atoms with Crippen molar-refractivity contribution in [3.05, 3.63) is 89.1 Å². The van der Waals surface area contributed by atoms with Crippen LogP contribution >= 0.6 is 23.6 Å². The number of methoxy groups -OCH3 is 1. The van der Waals surface area contributed by atoms with Crippen LogP contribution in [0.3, 0.4) is 0 Å². The van der Waals surface area contributed by atoms with Crippen LogP contribution in [0, 0.1) is 6.92 Å². The molecule has 0 saturated carbocycles. The molecule has 162 valence electrons. The van der Waals surface area contributed by atoms with Crippen molar-refractivity contribution >= 4 is 39.6 Å². The summed E-state index contributed by atoms with van der Waals surface area (Å²) in [6.07, 6.45) is 3.65. The van der Waals surface area contributed by atoms with Crippen LogP contribution in [0.2, 0.25) is 0 Å². The maximum Gasteiger partial charge on any atom is 0.341 e. The van der Waals surface area contributed by atoms with E-state index in [2.05, 4.69) is 15.7 Å². The van der Waals surface area contributed by atoms with Crippen molar-refractivity contribution in [2.24, 2.45) is 0 Å². The average Bonchev–Trinajstić information content (AvgIpc) is 3.46. The third kappa shape index (κ3) is 4.71. The maximum atomic E-state index is 12.6. The first-order valence-electron chi connectivity index (χ1n) is 9.97. The Morgan fingerprint density at radius 2 is 1.88 bits per heavy atom. The molecule has 4 aromatic rings. The van der Waals surface area contributed by atoms with Crippen LogP contribution in [0.15, 0.2) is 73.1 Å². The number of esters is 1. The van der Waals surface area contributed by atoms with Gasteiger partial charge in [-0.3, -0.25) is 0 Å². The molecule has 2 N–H and O–H groups in total. The van der Waals surface area contributed by atoms with Gasteiger partial charge in [-0.15, -0.1) is 11.3 Å². The highest BCUT2D eigenvalue weighted by Crippen LogP contribution is 2.40. The standard InChI is InChI=1S/C24H22N4O2S2/c1-16-20(18-7-4-3-5-8-18)21(23(29)30-2)22(32-16)27-24(31)25-15-17-9-11-19(12-10-17)28-14-6-13-26-28/h3-14H,15H2,1-2H3,(H2,25,27,31). The van der Waals surface area contributed by atoms with Gasteiger partial charge in [0.2, 0.25) is 0 Å². The molecule has 0 aliphatic rings. The van der Waals surface area contributed by atoms with E-state index in [1.807, 2.05) is 73.8 Å². The van der Waals surface area contributed by atoms with Gasteiger partial charge >= 0.3 is 5.97 Å². The molecule has 6 nitrogen and oxygen atoms in total. The zero-order chi connectivity index (χ0) is 22.5. The normalized spacial score (nSPS) is 10.6. The summed E-state index contributed by atoms with van der Waals surface area (Å²) >= 11 is 6.98. The molecule has 2 aromatic carbocycles. The van der Waals surface area contributed by atoms with Gasteiger partial charge in [-0.05, 0) is 48.5 Å². The van der Waals surface area contributed by atoms with Crippen LogP contribution in [0.5, 0.6) is 0 Å². The fourth-order valence-corrected chi connectivity index (χ4v) is 4.71. The highest BCUT2D eigenvalue weighted by Gasteiger charge is 2.24. The predicted molar refractivity (Wildman–Crippen MR) is 132 cm³/mol. The Morgan fingerprint density at radius 3 is 2.53 bits per heavy atom. The van der Waals surface area contributed by atoms with Gasteiger partial charge in [0, 0.05) is 29.4 Å². The number of hydrogen-bond acceptors (Lipinski definition) is 5. The summed E-state index contributed by atoms with van der Waals surface area (Å²) in [6, 6.07) is 19.7. The second-order valence-electron chi connectivity index (χ2n) is 7.02. The molecule has 0 aliphatic carbocycles. The Morgan fingerprint density at radius 1 is 1.12 bits per heavy atom. The number of ether oxygens (including phenoxy) is 1. The van der Waals surface area contributed by atoms with Crippen molar-refractivity contribution in [1.82, 2.24) is 15.1 Å². The SMILES string of the molecule is COC(=O)c1c(NC(=S)NCc2ccc(-n3cccn3)cc2)sc(C)c1-c1ccccc1. The lowest BCUT2D eigenvalue weighted by Crippen LogP contribution is -2.28. The van der Waals surface area contributed by atoms with Gasteiger partial charge in [-0.2, -0.15) is 5.10 Å². The third-order valence-corrected chi connectivity index (χ3v) is 6.19. The van der Waals surface area contributed by atoms with Crippen molar-refractivity contribution in [2.45, 2.75) is 13.5 Å². The number of carbonyl (C=O) groups is 1. The quantitative estimate of drug-likeness (QED) is 0.304. The van der Waals surface area contributed by atoms with Crippen LogP contribution in [-0.4, -0.2) is 28.0 Å². The molecule has 32 heavy (non-hydrogen) atoms. The van der Waals surface area contributed by atoms with Gasteiger partial charge in [0.05, 0.1) is 12.8 Å². The average molecular weight is 463 g/mol. The van der Waals surface area contributed by atoms with Crippen molar-refractivity contribution < 1.29 is 9.53 Å². The minimum absolute atomic E-state index is 0.396. The first-order chi connectivity index (χ1) is 15.6. The molecular formula is C24H22N4O2S2. The number of thiocarbonyl (C=S) groups is 1. The van der Waals surface area contributed by atoms with Gasteiger partial charge in [0.25, 0.3) is 0 Å². The number of rotatable bonds is 6. The topological polar surface area (TPSA) is 68.2 Å². The van der Waals surface area contributed by atoms with Crippen LogP contribution in [0.4, 0.5) is 5.00 Å². The smallest absolute Gasteiger partial charge is 0.341 e. The molecular weight excluding hydrogens is 440 g/mol. The van der Waals surface area contributed by atoms with E-state index < -0.39 is 5.97 Å². The molecule has 0 unspecified atom stereocenters. The number of anilines is 1. The van der Waals surface area contributed by atoms with Crippen LogP contribution < -0.4 is 10.6 Å². The monoisotopic (exact) mass is 462 g/mol. The van der Waals surface area contributed by atoms with Gasteiger partial charge in [0.15, 0.2) is 5.11 Å². The number of thiophene rings is 1. The van der Waals surface area contributed by atoms with E-state index >= 15 is 0 Å². The van der Waals surface area contributed by atoms with E-state index in [0.717, 1.165) is 27.3 Å². The highest BCUT2D eigenvalue weighted by molar-refractivity contribution is 7.80. The second kappa shape index (κ2) is 9.76. The Balaban J connectivity index is 1.48. The first-order valence-corrected chi connectivity index (χ1v) is 11.2. The Hall–Kier alpha value is -3.49. The number of nitrogens with one attached hydrogen (secondary N) is 2. The van der Waals surface area contributed by atoms with E-state index in [-0.39, 0.29) is 0 Å². The van der Waals surface area contributed by atoms with E-state index in [1.54, 1.807) is 10.9 Å². The molecule has 0 radical (unpaired) electrons. The molecule has 4 rings (SSSR count). The van der Waals surface area contributed by atoms with Crippen molar-refractivity contribution in [1.29, 1.82) is 0 Å². The summed E-state index contributed by atoms with van der Waals surface area (Å²) < 4.78 is 6.87. The minimum Gasteiger partial charge on any atom is -0.465 e. The summed E-state index contributed by atoms with van der Waals surface area (Å²) in [7, 11) is 1.39. The van der Waals surface area contributed by atoms with E-state index in [9.17, 15) is 4.79 Å². The molecule has 0 bridgehead atoms. The van der Waals surface area contributed by atoms with E-state index in [0.29, 0.717) is 22.2 Å². The number of hydrogen-bond donors (Lipinski definition) is 2. The number of aromatic nitrogens is 2. The molecule has 0 fully saturated rings. The lowest BCUT2D eigenvalue weighted by molar-refractivity contribution is 0.0603. The summed E-state index contributed by atoms with van der Waals surface area (Å²) in [6.45, 7) is 2.54. The van der Waals surface area contributed by atoms with Crippen molar-refractivity contribution in [2.75, 3.05) is 12.4 Å². The molecule has 0 aliphatic heterocycles. The minimum atomic E-state index is -0.396. The number of nitrogens with zero attached hydrogens (tertiary/aromatic N) is 2. The predicted octanol–water partition coefficient (Wildman–Crippen LogP) is 5.18. The highest BCUT2D eigenvalue weighted by atomic mass is 32.1. The number of aryl methyl sites for hydroxylation is 1. The van der Waals surface area contributed by atoms with E-state index in [4.69, 9.17) is 17.0 Å². The van der Waals surface area contributed by atoms with Gasteiger partial charge in [-0.1, -0.05) is 42.5 Å². The zero-order valence-corrected chi connectivity index (χ0v) is 19.3. The molecule has 8 heteroatoms. The molecule has 2 heterocycles. The molecule has 0 spiro atoms. The van der Waals surface area contributed by atoms with E-state index in [1.165, 1.54) is 18.4 Å². The van der Waals surface area contributed by atoms with Crippen molar-refractivity contribution in [3.8, 4) is 16.8 Å². The van der Waals surface area contributed by atoms with Gasteiger partial charge in [0.1, 0.15) is 10.6 Å². The third-order valence-electron chi connectivity index (χ3n) is 4.92. The fraction of sp³-hybridized carbons (Fsp3) is 0.125.